The van der Waals surface area contributed by atoms with Gasteiger partial charge in [0.25, 0.3) is 0 Å². The van der Waals surface area contributed by atoms with Crippen LogP contribution in [0.2, 0.25) is 0 Å². The van der Waals surface area contributed by atoms with Crippen molar-refractivity contribution in [1.29, 1.82) is 0 Å². The molecule has 1 fully saturated rings. The van der Waals surface area contributed by atoms with Gasteiger partial charge in [0.15, 0.2) is 17.9 Å². The van der Waals surface area contributed by atoms with E-state index in [4.69, 9.17) is 4.74 Å². The van der Waals surface area contributed by atoms with Crippen LogP contribution in [0.5, 0.6) is 0 Å². The normalized spacial score (nSPS) is 19.6. The Labute approximate surface area is 150 Å². The lowest BCUT2D eigenvalue weighted by Gasteiger charge is -2.37. The molecule has 1 saturated heterocycles. The zero-order valence-corrected chi connectivity index (χ0v) is 14.5. The van der Waals surface area contributed by atoms with Crippen molar-refractivity contribution in [2.45, 2.75) is 26.1 Å². The second-order valence-electron chi connectivity index (χ2n) is 6.26. The lowest BCUT2D eigenvalue weighted by atomic mass is 10.0. The Hall–Kier alpha value is -2.78. The molecule has 4 nitrogen and oxygen atoms in total. The smallest absolute Gasteiger partial charge is 0.184 e. The summed E-state index contributed by atoms with van der Waals surface area (Å²) < 4.78 is 35.0. The zero-order valence-electron chi connectivity index (χ0n) is 14.5. The number of carbonyl (C=O) groups excluding carboxylic acids is 1. The molecule has 0 aliphatic carbocycles. The van der Waals surface area contributed by atoms with Crippen LogP contribution in [0, 0.1) is 23.5 Å². The van der Waals surface area contributed by atoms with Crippen LogP contribution in [0.4, 0.5) is 14.5 Å². The SMILES string of the molecule is C[C@@H]1CN(c2c(C=O)cc(C#Cc3cccnc3)c(F)c2F)C[C@H](C)O1. The van der Waals surface area contributed by atoms with Gasteiger partial charge in [-0.25, -0.2) is 8.78 Å². The number of nitrogens with zero attached hydrogens (tertiary/aromatic N) is 2. The van der Waals surface area contributed by atoms with Crippen molar-refractivity contribution in [3.05, 3.63) is 58.9 Å². The van der Waals surface area contributed by atoms with Crippen LogP contribution in [-0.2, 0) is 4.74 Å². The zero-order chi connectivity index (χ0) is 18.7. The van der Waals surface area contributed by atoms with Gasteiger partial charge in [0.2, 0.25) is 0 Å². The maximum atomic E-state index is 14.8. The number of pyridine rings is 1. The highest BCUT2D eigenvalue weighted by molar-refractivity contribution is 5.86. The Bertz CT molecular complexity index is 865. The number of benzene rings is 1. The molecule has 1 aromatic carbocycles. The van der Waals surface area contributed by atoms with E-state index < -0.39 is 11.6 Å². The lowest BCUT2D eigenvalue weighted by Crippen LogP contribution is -2.46. The summed E-state index contributed by atoms with van der Waals surface area (Å²) in [5.41, 5.74) is 0.443. The molecule has 0 bridgehead atoms. The molecular weight excluding hydrogens is 338 g/mol. The summed E-state index contributed by atoms with van der Waals surface area (Å²) in [7, 11) is 0. The predicted octanol–water partition coefficient (Wildman–Crippen LogP) is 3.19. The molecular formula is C20H18F2N2O2. The number of anilines is 1. The van der Waals surface area contributed by atoms with E-state index in [0.29, 0.717) is 24.9 Å². The summed E-state index contributed by atoms with van der Waals surface area (Å²) in [6.45, 7) is 4.46. The van der Waals surface area contributed by atoms with Crippen molar-refractivity contribution >= 4 is 12.0 Å². The van der Waals surface area contributed by atoms with Gasteiger partial charge < -0.3 is 9.64 Å². The van der Waals surface area contributed by atoms with Gasteiger partial charge in [-0.05, 0) is 32.0 Å². The first kappa shape index (κ1) is 18.0. The first-order chi connectivity index (χ1) is 12.5. The van der Waals surface area contributed by atoms with Gasteiger partial charge in [-0.2, -0.15) is 0 Å². The van der Waals surface area contributed by atoms with E-state index in [2.05, 4.69) is 16.8 Å². The van der Waals surface area contributed by atoms with E-state index in [0.717, 1.165) is 0 Å². The largest absolute Gasteiger partial charge is 0.372 e. The summed E-state index contributed by atoms with van der Waals surface area (Å²) in [6, 6.07) is 4.69. The molecule has 2 atom stereocenters. The van der Waals surface area contributed by atoms with Gasteiger partial charge in [0.05, 0.1) is 23.5 Å². The van der Waals surface area contributed by atoms with Crippen molar-refractivity contribution in [3.8, 4) is 11.8 Å². The second-order valence-corrected chi connectivity index (χ2v) is 6.26. The molecule has 2 heterocycles. The van der Waals surface area contributed by atoms with Crippen LogP contribution in [0.15, 0.2) is 30.6 Å². The number of aromatic nitrogens is 1. The van der Waals surface area contributed by atoms with Gasteiger partial charge in [-0.15, -0.1) is 0 Å². The quantitative estimate of drug-likeness (QED) is 0.612. The van der Waals surface area contributed by atoms with E-state index in [1.165, 1.54) is 12.3 Å². The van der Waals surface area contributed by atoms with Crippen LogP contribution in [0.3, 0.4) is 0 Å². The standard InChI is InChI=1S/C20H18F2N2O2/c1-13-10-24(11-14(2)26-13)20-17(12-25)8-16(18(21)19(20)22)6-5-15-4-3-7-23-9-15/h3-4,7-9,12-14H,10-11H2,1-2H3/t13-,14+. The summed E-state index contributed by atoms with van der Waals surface area (Å²) in [6.07, 6.45) is 3.34. The summed E-state index contributed by atoms with van der Waals surface area (Å²) >= 11 is 0. The fourth-order valence-corrected chi connectivity index (χ4v) is 3.07. The molecule has 0 spiro atoms. The van der Waals surface area contributed by atoms with Crippen molar-refractivity contribution in [2.75, 3.05) is 18.0 Å². The first-order valence-electron chi connectivity index (χ1n) is 8.29. The van der Waals surface area contributed by atoms with Crippen LogP contribution in [0.25, 0.3) is 0 Å². The molecule has 0 amide bonds. The lowest BCUT2D eigenvalue weighted by molar-refractivity contribution is -0.00547. The van der Waals surface area contributed by atoms with Crippen LogP contribution in [0.1, 0.15) is 35.3 Å². The van der Waals surface area contributed by atoms with Gasteiger partial charge in [-0.1, -0.05) is 11.8 Å². The molecule has 0 radical (unpaired) electrons. The monoisotopic (exact) mass is 356 g/mol. The number of aldehydes is 1. The average molecular weight is 356 g/mol. The van der Waals surface area contributed by atoms with Crippen molar-refractivity contribution in [3.63, 3.8) is 0 Å². The molecule has 3 rings (SSSR count). The van der Waals surface area contributed by atoms with Gasteiger partial charge >= 0.3 is 0 Å². The Kier molecular flexibility index (Phi) is 5.29. The van der Waals surface area contributed by atoms with Crippen molar-refractivity contribution in [2.24, 2.45) is 0 Å². The first-order valence-corrected chi connectivity index (χ1v) is 8.29. The maximum absolute atomic E-state index is 14.8. The third kappa shape index (κ3) is 3.73. The average Bonchev–Trinajstić information content (AvgIpc) is 2.62. The van der Waals surface area contributed by atoms with E-state index in [1.807, 2.05) is 13.8 Å². The molecule has 1 aromatic heterocycles. The third-order valence-electron chi connectivity index (χ3n) is 4.08. The molecule has 2 aromatic rings. The van der Waals surface area contributed by atoms with E-state index >= 15 is 0 Å². The Balaban J connectivity index is 2.02. The van der Waals surface area contributed by atoms with Gasteiger partial charge in [0, 0.05) is 36.6 Å². The second kappa shape index (κ2) is 7.63. The molecule has 1 aliphatic rings. The number of rotatable bonds is 2. The Morgan fingerprint density at radius 1 is 1.23 bits per heavy atom. The number of hydrogen-bond acceptors (Lipinski definition) is 4. The fraction of sp³-hybridized carbons (Fsp3) is 0.300. The van der Waals surface area contributed by atoms with Crippen molar-refractivity contribution in [1.82, 2.24) is 4.98 Å². The number of morpholine rings is 1. The molecule has 1 aliphatic heterocycles. The summed E-state index contributed by atoms with van der Waals surface area (Å²) in [5.74, 6) is 3.19. The van der Waals surface area contributed by atoms with E-state index in [9.17, 15) is 13.6 Å². The minimum atomic E-state index is -1.06. The van der Waals surface area contributed by atoms with Gasteiger partial charge in [0.1, 0.15) is 0 Å². The third-order valence-corrected chi connectivity index (χ3v) is 4.08. The number of carbonyl (C=O) groups is 1. The highest BCUT2D eigenvalue weighted by Gasteiger charge is 2.28. The minimum absolute atomic E-state index is 0.0357. The highest BCUT2D eigenvalue weighted by Crippen LogP contribution is 2.30. The predicted molar refractivity (Wildman–Crippen MR) is 94.2 cm³/mol. The molecule has 134 valence electrons. The van der Waals surface area contributed by atoms with E-state index in [-0.39, 0.29) is 29.0 Å². The molecule has 0 unspecified atom stereocenters. The number of ether oxygens (including phenoxy) is 1. The van der Waals surface area contributed by atoms with E-state index in [1.54, 1.807) is 23.2 Å². The Morgan fingerprint density at radius 3 is 2.58 bits per heavy atom. The number of hydrogen-bond donors (Lipinski definition) is 0. The number of halogens is 2. The summed E-state index contributed by atoms with van der Waals surface area (Å²) in [5, 5.41) is 0. The molecule has 0 N–H and O–H groups in total. The maximum Gasteiger partial charge on any atom is 0.184 e. The van der Waals surface area contributed by atoms with Crippen LogP contribution < -0.4 is 4.90 Å². The highest BCUT2D eigenvalue weighted by atomic mass is 19.2. The Morgan fingerprint density at radius 2 is 1.96 bits per heavy atom. The van der Waals surface area contributed by atoms with Gasteiger partial charge in [-0.3, -0.25) is 9.78 Å². The molecule has 6 heteroatoms. The minimum Gasteiger partial charge on any atom is -0.372 e. The van der Waals surface area contributed by atoms with Crippen LogP contribution in [-0.4, -0.2) is 36.6 Å². The molecule has 0 saturated carbocycles. The van der Waals surface area contributed by atoms with Crippen molar-refractivity contribution < 1.29 is 18.3 Å². The molecule has 26 heavy (non-hydrogen) atoms. The summed E-state index contributed by atoms with van der Waals surface area (Å²) in [4.78, 5) is 17.1. The topological polar surface area (TPSA) is 42.4 Å². The fourth-order valence-electron chi connectivity index (χ4n) is 3.07. The van der Waals surface area contributed by atoms with Crippen LogP contribution >= 0.6 is 0 Å².